The molecule has 0 amide bonds. The highest BCUT2D eigenvalue weighted by Crippen LogP contribution is 2.33. The quantitative estimate of drug-likeness (QED) is 0.209. The SMILES string of the molecule is CC(C)(C)c1cc2cn(-c3ccc([C@@H](NCCCNC(=N)N)C(F)(F)F)cc3)c(=O)nc2[nH]1. The van der Waals surface area contributed by atoms with Crippen LogP contribution in [-0.4, -0.2) is 39.8 Å². The number of aromatic nitrogens is 3. The molecule has 0 aliphatic carbocycles. The molecule has 0 radical (unpaired) electrons. The van der Waals surface area contributed by atoms with E-state index in [-0.39, 0.29) is 23.5 Å². The summed E-state index contributed by atoms with van der Waals surface area (Å²) in [6, 6.07) is 5.70. The molecule has 0 saturated heterocycles. The molecule has 0 bridgehead atoms. The zero-order valence-corrected chi connectivity index (χ0v) is 18.7. The molecule has 2 heterocycles. The minimum atomic E-state index is -4.50. The minimum absolute atomic E-state index is 0.0320. The average Bonchev–Trinajstić information content (AvgIpc) is 3.12. The highest BCUT2D eigenvalue weighted by atomic mass is 19.4. The Morgan fingerprint density at radius 3 is 2.45 bits per heavy atom. The van der Waals surface area contributed by atoms with Gasteiger partial charge in [0.2, 0.25) is 0 Å². The molecule has 1 atom stereocenters. The van der Waals surface area contributed by atoms with Crippen LogP contribution in [0.3, 0.4) is 0 Å². The second kappa shape index (κ2) is 9.26. The number of nitrogens with two attached hydrogens (primary N) is 1. The summed E-state index contributed by atoms with van der Waals surface area (Å²) >= 11 is 0. The Labute approximate surface area is 188 Å². The van der Waals surface area contributed by atoms with Crippen LogP contribution in [0, 0.1) is 5.41 Å². The molecule has 3 aromatic rings. The molecule has 2 aromatic heterocycles. The topological polar surface area (TPSA) is 125 Å². The maximum Gasteiger partial charge on any atom is 0.407 e. The van der Waals surface area contributed by atoms with Crippen molar-refractivity contribution >= 4 is 17.0 Å². The molecule has 8 nitrogen and oxygen atoms in total. The Bertz CT molecular complexity index is 1170. The van der Waals surface area contributed by atoms with Crippen LogP contribution in [0.15, 0.2) is 41.3 Å². The molecule has 11 heteroatoms. The number of H-pyrrole nitrogens is 1. The average molecular weight is 464 g/mol. The van der Waals surface area contributed by atoms with E-state index in [2.05, 4.69) is 20.6 Å². The molecule has 33 heavy (non-hydrogen) atoms. The number of nitrogens with one attached hydrogen (secondary N) is 4. The van der Waals surface area contributed by atoms with Gasteiger partial charge in [-0.1, -0.05) is 32.9 Å². The third-order valence-corrected chi connectivity index (χ3v) is 5.17. The first-order valence-electron chi connectivity index (χ1n) is 10.5. The number of halogens is 3. The van der Waals surface area contributed by atoms with E-state index < -0.39 is 17.9 Å². The Morgan fingerprint density at radius 1 is 1.21 bits per heavy atom. The highest BCUT2D eigenvalue weighted by molar-refractivity contribution is 5.76. The number of rotatable bonds is 7. The van der Waals surface area contributed by atoms with Crippen molar-refractivity contribution in [2.75, 3.05) is 13.1 Å². The largest absolute Gasteiger partial charge is 0.407 e. The Balaban J connectivity index is 1.82. The maximum atomic E-state index is 13.6. The molecule has 0 aliphatic heterocycles. The van der Waals surface area contributed by atoms with Gasteiger partial charge in [-0.15, -0.1) is 0 Å². The fraction of sp³-hybridized carbons (Fsp3) is 0.409. The van der Waals surface area contributed by atoms with Crippen molar-refractivity contribution in [3.05, 3.63) is 58.3 Å². The van der Waals surface area contributed by atoms with Gasteiger partial charge in [0.1, 0.15) is 11.7 Å². The van der Waals surface area contributed by atoms with E-state index in [1.807, 2.05) is 26.8 Å². The number of hydrogen-bond acceptors (Lipinski definition) is 4. The number of nitrogens with zero attached hydrogens (tertiary/aromatic N) is 2. The molecule has 178 valence electrons. The molecule has 0 spiro atoms. The standard InChI is InChI=1S/C22H28F3N7O/c1-21(2,3)16-11-14-12-32(20(33)31-18(14)30-16)15-7-5-13(6-8-15)17(22(23,24)25)28-9-4-10-29-19(26)27/h5-8,11-12,17,28H,4,9-10H2,1-3H3,(H4,26,27,29)(H,30,31,33)/t17-/m1/s1. The van der Waals surface area contributed by atoms with Gasteiger partial charge in [0, 0.05) is 29.2 Å². The van der Waals surface area contributed by atoms with Gasteiger partial charge in [0.25, 0.3) is 0 Å². The summed E-state index contributed by atoms with van der Waals surface area (Å²) in [5, 5.41) is 12.8. The van der Waals surface area contributed by atoms with E-state index in [1.165, 1.54) is 28.8 Å². The molecule has 0 aliphatic rings. The molecule has 3 rings (SSSR count). The number of hydrogen-bond donors (Lipinski definition) is 5. The monoisotopic (exact) mass is 463 g/mol. The third-order valence-electron chi connectivity index (χ3n) is 5.17. The normalized spacial score (nSPS) is 13.3. The van der Waals surface area contributed by atoms with Gasteiger partial charge in [-0.3, -0.25) is 9.98 Å². The van der Waals surface area contributed by atoms with Gasteiger partial charge >= 0.3 is 11.9 Å². The zero-order chi connectivity index (χ0) is 24.4. The van der Waals surface area contributed by atoms with E-state index in [4.69, 9.17) is 11.1 Å². The van der Waals surface area contributed by atoms with Crippen LogP contribution in [-0.2, 0) is 5.41 Å². The maximum absolute atomic E-state index is 13.6. The van der Waals surface area contributed by atoms with Crippen LogP contribution in [0.1, 0.15) is 44.5 Å². The van der Waals surface area contributed by atoms with Crippen LogP contribution >= 0.6 is 0 Å². The predicted octanol–water partition coefficient (Wildman–Crippen LogP) is 3.08. The number of benzene rings is 1. The fourth-order valence-electron chi connectivity index (χ4n) is 3.39. The van der Waals surface area contributed by atoms with Crippen molar-refractivity contribution in [3.63, 3.8) is 0 Å². The van der Waals surface area contributed by atoms with Gasteiger partial charge in [-0.2, -0.15) is 18.2 Å². The predicted molar refractivity (Wildman–Crippen MR) is 122 cm³/mol. The van der Waals surface area contributed by atoms with Crippen molar-refractivity contribution in [1.82, 2.24) is 25.2 Å². The van der Waals surface area contributed by atoms with E-state index in [9.17, 15) is 18.0 Å². The second-order valence-electron chi connectivity index (χ2n) is 8.84. The van der Waals surface area contributed by atoms with Gasteiger partial charge in [0.05, 0.1) is 5.69 Å². The lowest BCUT2D eigenvalue weighted by molar-refractivity contribution is -0.157. The van der Waals surface area contributed by atoms with Crippen molar-refractivity contribution in [3.8, 4) is 5.69 Å². The number of guanidine groups is 1. The lowest BCUT2D eigenvalue weighted by Crippen LogP contribution is -2.37. The molecule has 0 saturated carbocycles. The number of alkyl halides is 3. The lowest BCUT2D eigenvalue weighted by Gasteiger charge is -2.22. The molecule has 1 aromatic carbocycles. The van der Waals surface area contributed by atoms with E-state index in [0.29, 0.717) is 24.3 Å². The first-order valence-corrected chi connectivity index (χ1v) is 10.5. The summed E-state index contributed by atoms with van der Waals surface area (Å²) in [5.41, 5.74) is 6.33. The first kappa shape index (κ1) is 24.3. The van der Waals surface area contributed by atoms with Crippen LogP contribution < -0.4 is 22.1 Å². The van der Waals surface area contributed by atoms with Gasteiger partial charge < -0.3 is 21.4 Å². The summed E-state index contributed by atoms with van der Waals surface area (Å²) in [6.45, 7) is 6.48. The van der Waals surface area contributed by atoms with Crippen molar-refractivity contribution in [1.29, 1.82) is 5.41 Å². The van der Waals surface area contributed by atoms with Crippen LogP contribution in [0.25, 0.3) is 16.7 Å². The minimum Gasteiger partial charge on any atom is -0.370 e. The summed E-state index contributed by atoms with van der Waals surface area (Å²) in [5.74, 6) is -0.227. The lowest BCUT2D eigenvalue weighted by atomic mass is 9.92. The number of fused-ring (bicyclic) bond motifs is 1. The van der Waals surface area contributed by atoms with Crippen LogP contribution in [0.4, 0.5) is 13.2 Å². The van der Waals surface area contributed by atoms with Crippen molar-refractivity contribution in [2.45, 2.75) is 44.8 Å². The smallest absolute Gasteiger partial charge is 0.370 e. The first-order chi connectivity index (χ1) is 15.4. The highest BCUT2D eigenvalue weighted by Gasteiger charge is 2.40. The third kappa shape index (κ3) is 5.92. The Kier molecular flexibility index (Phi) is 6.82. The molecule has 0 unspecified atom stereocenters. The van der Waals surface area contributed by atoms with E-state index in [0.717, 1.165) is 11.1 Å². The Morgan fingerprint density at radius 2 is 1.88 bits per heavy atom. The summed E-state index contributed by atoms with van der Waals surface area (Å²) in [7, 11) is 0. The van der Waals surface area contributed by atoms with Gasteiger partial charge in [-0.25, -0.2) is 4.79 Å². The van der Waals surface area contributed by atoms with Crippen LogP contribution in [0.5, 0.6) is 0 Å². The van der Waals surface area contributed by atoms with Gasteiger partial charge in [0.15, 0.2) is 5.96 Å². The fourth-order valence-corrected chi connectivity index (χ4v) is 3.39. The van der Waals surface area contributed by atoms with Gasteiger partial charge in [-0.05, 0) is 36.7 Å². The van der Waals surface area contributed by atoms with E-state index >= 15 is 0 Å². The van der Waals surface area contributed by atoms with E-state index in [1.54, 1.807) is 6.20 Å². The molecular weight excluding hydrogens is 435 g/mol. The Hall–Kier alpha value is -3.34. The second-order valence-corrected chi connectivity index (χ2v) is 8.84. The molecule has 6 N–H and O–H groups in total. The summed E-state index contributed by atoms with van der Waals surface area (Å²) in [6.07, 6.45) is -2.51. The van der Waals surface area contributed by atoms with Crippen molar-refractivity contribution < 1.29 is 13.2 Å². The molecular formula is C22H28F3N7O. The zero-order valence-electron chi connectivity index (χ0n) is 18.7. The van der Waals surface area contributed by atoms with Crippen LogP contribution in [0.2, 0.25) is 0 Å². The summed E-state index contributed by atoms with van der Waals surface area (Å²) in [4.78, 5) is 19.8. The molecule has 0 fully saturated rings. The number of aromatic amines is 1. The summed E-state index contributed by atoms with van der Waals surface area (Å²) < 4.78 is 42.1. The van der Waals surface area contributed by atoms with Crippen molar-refractivity contribution in [2.24, 2.45) is 5.73 Å².